The molecule has 0 aromatic heterocycles. The molecule has 0 saturated carbocycles. The Hall–Kier alpha value is -3.90. The Labute approximate surface area is 196 Å². The molecule has 5 aromatic rings. The van der Waals surface area contributed by atoms with Gasteiger partial charge < -0.3 is 0 Å². The molecular weight excluding hydrogens is 396 g/mol. The highest BCUT2D eigenvalue weighted by atomic mass is 14.4. The van der Waals surface area contributed by atoms with Gasteiger partial charge in [-0.2, -0.15) is 0 Å². The Morgan fingerprint density at radius 2 is 0.939 bits per heavy atom. The molecule has 0 nitrogen and oxygen atoms in total. The lowest BCUT2D eigenvalue weighted by atomic mass is 9.65. The number of hydrogen-bond acceptors (Lipinski definition) is 0. The van der Waals surface area contributed by atoms with Crippen molar-refractivity contribution in [1.82, 2.24) is 0 Å². The summed E-state index contributed by atoms with van der Waals surface area (Å²) in [5, 5.41) is 0. The lowest BCUT2D eigenvalue weighted by molar-refractivity contribution is 0.610. The fourth-order valence-corrected chi connectivity index (χ4v) is 5.65. The van der Waals surface area contributed by atoms with Crippen LogP contribution in [0.1, 0.15) is 33.4 Å². The Morgan fingerprint density at radius 3 is 1.52 bits per heavy atom. The van der Waals surface area contributed by atoms with Gasteiger partial charge in [0.1, 0.15) is 0 Å². The molecule has 1 aliphatic rings. The Bertz CT molecular complexity index is 1290. The SMILES string of the molecule is c1ccc(C(Cc2cccc3c2Cc2ccccc2-3)(c2ccccc2)c2ccccc2)cc1. The monoisotopic (exact) mass is 422 g/mol. The summed E-state index contributed by atoms with van der Waals surface area (Å²) in [6.45, 7) is 0. The van der Waals surface area contributed by atoms with Gasteiger partial charge in [-0.05, 0) is 57.3 Å². The quantitative estimate of drug-likeness (QED) is 0.248. The van der Waals surface area contributed by atoms with E-state index in [2.05, 4.69) is 133 Å². The Kier molecular flexibility index (Phi) is 4.92. The highest BCUT2D eigenvalue weighted by Crippen LogP contribution is 2.45. The summed E-state index contributed by atoms with van der Waals surface area (Å²) in [6, 6.07) is 48.8. The van der Waals surface area contributed by atoms with Crippen molar-refractivity contribution in [3.8, 4) is 11.1 Å². The topological polar surface area (TPSA) is 0 Å². The van der Waals surface area contributed by atoms with Gasteiger partial charge in [0.05, 0.1) is 0 Å². The summed E-state index contributed by atoms with van der Waals surface area (Å²) in [5.74, 6) is 0. The van der Waals surface area contributed by atoms with Crippen molar-refractivity contribution in [3.63, 3.8) is 0 Å². The first kappa shape index (κ1) is 19.8. The van der Waals surface area contributed by atoms with Crippen LogP contribution < -0.4 is 0 Å². The van der Waals surface area contributed by atoms with E-state index in [-0.39, 0.29) is 5.41 Å². The molecule has 158 valence electrons. The standard InChI is InChI=1S/C33H26/c1-4-15-27(16-5-1)33(28-17-6-2-7-18-28,29-19-8-3-9-20-29)24-26-14-12-22-31-30-21-11-10-13-25(30)23-32(26)31/h1-22H,23-24H2. The number of hydrogen-bond donors (Lipinski definition) is 0. The van der Waals surface area contributed by atoms with Gasteiger partial charge in [-0.15, -0.1) is 0 Å². The summed E-state index contributed by atoms with van der Waals surface area (Å²) in [7, 11) is 0. The highest BCUT2D eigenvalue weighted by Gasteiger charge is 2.37. The van der Waals surface area contributed by atoms with Crippen LogP contribution in [0.2, 0.25) is 0 Å². The zero-order chi connectivity index (χ0) is 22.1. The Balaban J connectivity index is 1.60. The number of rotatable bonds is 5. The summed E-state index contributed by atoms with van der Waals surface area (Å²) in [4.78, 5) is 0. The first-order valence-corrected chi connectivity index (χ1v) is 11.7. The first-order chi connectivity index (χ1) is 16.4. The first-order valence-electron chi connectivity index (χ1n) is 11.7. The molecule has 33 heavy (non-hydrogen) atoms. The van der Waals surface area contributed by atoms with Gasteiger partial charge in [-0.25, -0.2) is 0 Å². The second-order valence-electron chi connectivity index (χ2n) is 8.96. The molecule has 0 unspecified atom stereocenters. The fourth-order valence-electron chi connectivity index (χ4n) is 5.65. The molecular formula is C33H26. The zero-order valence-corrected chi connectivity index (χ0v) is 18.6. The molecule has 0 heteroatoms. The van der Waals surface area contributed by atoms with Crippen molar-refractivity contribution in [1.29, 1.82) is 0 Å². The predicted molar refractivity (Wildman–Crippen MR) is 138 cm³/mol. The minimum atomic E-state index is -0.270. The van der Waals surface area contributed by atoms with E-state index in [0.717, 1.165) is 12.8 Å². The predicted octanol–water partition coefficient (Wildman–Crippen LogP) is 7.83. The summed E-state index contributed by atoms with van der Waals surface area (Å²) in [5.41, 5.74) is 10.8. The van der Waals surface area contributed by atoms with Crippen LogP contribution in [-0.4, -0.2) is 0 Å². The third-order valence-electron chi connectivity index (χ3n) is 7.20. The zero-order valence-electron chi connectivity index (χ0n) is 18.6. The van der Waals surface area contributed by atoms with Gasteiger partial charge in [0.15, 0.2) is 0 Å². The van der Waals surface area contributed by atoms with E-state index in [0.29, 0.717) is 0 Å². The van der Waals surface area contributed by atoms with Crippen molar-refractivity contribution in [3.05, 3.63) is 167 Å². The second kappa shape index (κ2) is 8.22. The lowest BCUT2D eigenvalue weighted by Crippen LogP contribution is -2.32. The summed E-state index contributed by atoms with van der Waals surface area (Å²) in [6.07, 6.45) is 1.93. The second-order valence-corrected chi connectivity index (χ2v) is 8.96. The normalized spacial score (nSPS) is 12.2. The van der Waals surface area contributed by atoms with Crippen LogP contribution >= 0.6 is 0 Å². The minimum absolute atomic E-state index is 0.270. The van der Waals surface area contributed by atoms with Crippen molar-refractivity contribution < 1.29 is 0 Å². The van der Waals surface area contributed by atoms with Gasteiger partial charge >= 0.3 is 0 Å². The molecule has 6 rings (SSSR count). The summed E-state index contributed by atoms with van der Waals surface area (Å²) < 4.78 is 0. The average Bonchev–Trinajstić information content (AvgIpc) is 3.28. The van der Waals surface area contributed by atoms with Gasteiger partial charge in [0.2, 0.25) is 0 Å². The maximum atomic E-state index is 2.34. The van der Waals surface area contributed by atoms with Crippen LogP contribution in [0.15, 0.2) is 133 Å². The van der Waals surface area contributed by atoms with Crippen LogP contribution in [0.25, 0.3) is 11.1 Å². The van der Waals surface area contributed by atoms with E-state index in [1.54, 1.807) is 0 Å². The third-order valence-corrected chi connectivity index (χ3v) is 7.20. The Morgan fingerprint density at radius 1 is 0.455 bits per heavy atom. The highest BCUT2D eigenvalue weighted by molar-refractivity contribution is 5.78. The van der Waals surface area contributed by atoms with Crippen LogP contribution in [0.3, 0.4) is 0 Å². The van der Waals surface area contributed by atoms with Crippen molar-refractivity contribution in [2.24, 2.45) is 0 Å². The molecule has 0 radical (unpaired) electrons. The van der Waals surface area contributed by atoms with E-state index in [1.165, 1.54) is 44.5 Å². The van der Waals surface area contributed by atoms with Gasteiger partial charge in [-0.3, -0.25) is 0 Å². The van der Waals surface area contributed by atoms with Crippen LogP contribution in [0.5, 0.6) is 0 Å². The maximum Gasteiger partial charge on any atom is 0.0491 e. The molecule has 0 N–H and O–H groups in total. The smallest absolute Gasteiger partial charge is 0.0491 e. The molecule has 0 heterocycles. The lowest BCUT2D eigenvalue weighted by Gasteiger charge is -2.37. The van der Waals surface area contributed by atoms with Crippen molar-refractivity contribution in [2.75, 3.05) is 0 Å². The molecule has 1 aliphatic carbocycles. The maximum absolute atomic E-state index is 2.34. The third kappa shape index (κ3) is 3.31. The van der Waals surface area contributed by atoms with Crippen LogP contribution in [0.4, 0.5) is 0 Å². The molecule has 0 amide bonds. The van der Waals surface area contributed by atoms with E-state index in [1.807, 2.05) is 0 Å². The average molecular weight is 423 g/mol. The van der Waals surface area contributed by atoms with Gasteiger partial charge in [0.25, 0.3) is 0 Å². The number of fused-ring (bicyclic) bond motifs is 3. The molecule has 0 spiro atoms. The summed E-state index contributed by atoms with van der Waals surface area (Å²) >= 11 is 0. The van der Waals surface area contributed by atoms with Gasteiger partial charge in [0, 0.05) is 5.41 Å². The van der Waals surface area contributed by atoms with E-state index >= 15 is 0 Å². The molecule has 5 aromatic carbocycles. The molecule has 0 bridgehead atoms. The fraction of sp³-hybridized carbons (Fsp3) is 0.0909. The van der Waals surface area contributed by atoms with E-state index < -0.39 is 0 Å². The van der Waals surface area contributed by atoms with Gasteiger partial charge in [-0.1, -0.05) is 133 Å². The molecule has 0 saturated heterocycles. The molecule has 0 aliphatic heterocycles. The van der Waals surface area contributed by atoms with Crippen molar-refractivity contribution >= 4 is 0 Å². The number of benzene rings is 5. The largest absolute Gasteiger partial charge is 0.0622 e. The molecule has 0 atom stereocenters. The van der Waals surface area contributed by atoms with Crippen LogP contribution in [0, 0.1) is 0 Å². The van der Waals surface area contributed by atoms with Crippen LogP contribution in [-0.2, 0) is 18.3 Å². The van der Waals surface area contributed by atoms with Crippen molar-refractivity contribution in [2.45, 2.75) is 18.3 Å². The van der Waals surface area contributed by atoms with E-state index in [4.69, 9.17) is 0 Å². The minimum Gasteiger partial charge on any atom is -0.0622 e. The van der Waals surface area contributed by atoms with E-state index in [9.17, 15) is 0 Å². The molecule has 0 fully saturated rings.